The molecule has 2 aromatic carbocycles. The topological polar surface area (TPSA) is 50.2 Å². The monoisotopic (exact) mass is 362 g/mol. The first kappa shape index (κ1) is 17.6. The molecule has 5 heteroatoms. The molecule has 1 atom stereocenters. The van der Waals surface area contributed by atoms with Crippen LogP contribution in [-0.2, 0) is 11.2 Å². The van der Waals surface area contributed by atoms with Crippen molar-refractivity contribution in [2.45, 2.75) is 32.2 Å². The summed E-state index contributed by atoms with van der Waals surface area (Å²) in [5.41, 5.74) is 4.70. The van der Waals surface area contributed by atoms with Crippen LogP contribution in [0.3, 0.4) is 0 Å². The van der Waals surface area contributed by atoms with Crippen molar-refractivity contribution in [2.24, 2.45) is 0 Å². The molecule has 0 saturated heterocycles. The summed E-state index contributed by atoms with van der Waals surface area (Å²) in [6.07, 6.45) is 5.06. The lowest BCUT2D eigenvalue weighted by Crippen LogP contribution is -2.35. The van der Waals surface area contributed by atoms with E-state index >= 15 is 0 Å². The number of imidazole rings is 1. The Balaban J connectivity index is 1.30. The summed E-state index contributed by atoms with van der Waals surface area (Å²) in [5, 5.41) is 3.08. The third kappa shape index (κ3) is 3.68. The second-order valence-electron chi connectivity index (χ2n) is 7.18. The summed E-state index contributed by atoms with van der Waals surface area (Å²) < 4.78 is 1.94. The fourth-order valence-corrected chi connectivity index (χ4v) is 3.89. The van der Waals surface area contributed by atoms with Crippen molar-refractivity contribution in [3.05, 3.63) is 60.4 Å². The number of hydrogen-bond donors (Lipinski definition) is 1. The predicted octanol–water partition coefficient (Wildman–Crippen LogP) is 3.56. The van der Waals surface area contributed by atoms with Gasteiger partial charge in [-0.25, -0.2) is 4.98 Å². The van der Waals surface area contributed by atoms with Crippen LogP contribution >= 0.6 is 0 Å². The van der Waals surface area contributed by atoms with Gasteiger partial charge in [-0.1, -0.05) is 30.3 Å². The highest BCUT2D eigenvalue weighted by molar-refractivity contribution is 5.83. The van der Waals surface area contributed by atoms with Crippen molar-refractivity contribution in [2.75, 3.05) is 24.5 Å². The van der Waals surface area contributed by atoms with Crippen LogP contribution in [-0.4, -0.2) is 35.1 Å². The van der Waals surface area contributed by atoms with Gasteiger partial charge in [0.2, 0.25) is 5.91 Å². The van der Waals surface area contributed by atoms with E-state index in [-0.39, 0.29) is 11.9 Å². The summed E-state index contributed by atoms with van der Waals surface area (Å²) in [6.45, 7) is 4.68. The molecule has 3 aromatic rings. The average Bonchev–Trinajstić information content (AvgIpc) is 3.14. The Labute approximate surface area is 160 Å². The molecule has 4 rings (SSSR count). The molecule has 140 valence electrons. The van der Waals surface area contributed by atoms with Crippen molar-refractivity contribution >= 4 is 22.6 Å². The van der Waals surface area contributed by atoms with Gasteiger partial charge in [0.05, 0.1) is 17.4 Å². The van der Waals surface area contributed by atoms with Gasteiger partial charge < -0.3 is 14.8 Å². The number of para-hydroxylation sites is 3. The largest absolute Gasteiger partial charge is 0.371 e. The molecule has 1 aromatic heterocycles. The number of benzene rings is 2. The van der Waals surface area contributed by atoms with E-state index in [1.807, 2.05) is 35.8 Å². The smallest absolute Gasteiger partial charge is 0.242 e. The summed E-state index contributed by atoms with van der Waals surface area (Å²) in [6, 6.07) is 16.3. The molecule has 2 heterocycles. The lowest BCUT2D eigenvalue weighted by Gasteiger charge is -2.31. The van der Waals surface area contributed by atoms with Gasteiger partial charge in [-0.3, -0.25) is 4.79 Å². The molecule has 0 radical (unpaired) electrons. The van der Waals surface area contributed by atoms with E-state index in [0.717, 1.165) is 30.5 Å². The van der Waals surface area contributed by atoms with Crippen LogP contribution < -0.4 is 10.2 Å². The lowest BCUT2D eigenvalue weighted by molar-refractivity contribution is -0.123. The first-order valence-corrected chi connectivity index (χ1v) is 9.76. The SMILES string of the molecule is CC(C(=O)NCCCN1CCCc2ccccc21)n1cnc2ccccc21. The van der Waals surface area contributed by atoms with Gasteiger partial charge in [0.15, 0.2) is 0 Å². The standard InChI is InChI=1S/C22H26N4O/c1-17(26-16-24-19-10-3-5-12-21(19)26)22(27)23-13-7-15-25-14-6-9-18-8-2-4-11-20(18)25/h2-5,8,10-12,16-17H,6-7,9,13-15H2,1H3,(H,23,27). The number of aromatic nitrogens is 2. The van der Waals surface area contributed by atoms with E-state index in [2.05, 4.69) is 39.5 Å². The minimum absolute atomic E-state index is 0.0391. The van der Waals surface area contributed by atoms with Crippen LogP contribution in [0.5, 0.6) is 0 Å². The molecule has 27 heavy (non-hydrogen) atoms. The molecular weight excluding hydrogens is 336 g/mol. The van der Waals surface area contributed by atoms with Gasteiger partial charge >= 0.3 is 0 Å². The molecular formula is C22H26N4O. The van der Waals surface area contributed by atoms with Crippen molar-refractivity contribution in [1.29, 1.82) is 0 Å². The van der Waals surface area contributed by atoms with E-state index in [1.165, 1.54) is 24.1 Å². The van der Waals surface area contributed by atoms with Crippen LogP contribution in [0.15, 0.2) is 54.9 Å². The van der Waals surface area contributed by atoms with Crippen molar-refractivity contribution < 1.29 is 4.79 Å². The molecule has 0 saturated carbocycles. The number of carbonyl (C=O) groups is 1. The number of fused-ring (bicyclic) bond motifs is 2. The number of amides is 1. The number of carbonyl (C=O) groups excluding carboxylic acids is 1. The number of anilines is 1. The first-order valence-electron chi connectivity index (χ1n) is 9.76. The van der Waals surface area contributed by atoms with Crippen LogP contribution in [0.4, 0.5) is 5.69 Å². The quantitative estimate of drug-likeness (QED) is 0.682. The molecule has 0 aliphatic carbocycles. The van der Waals surface area contributed by atoms with E-state index < -0.39 is 0 Å². The Kier molecular flexibility index (Phi) is 5.10. The molecule has 1 aliphatic heterocycles. The minimum Gasteiger partial charge on any atom is -0.371 e. The zero-order valence-corrected chi connectivity index (χ0v) is 15.8. The summed E-state index contributed by atoms with van der Waals surface area (Å²) in [5.74, 6) is 0.0391. The highest BCUT2D eigenvalue weighted by Gasteiger charge is 2.18. The summed E-state index contributed by atoms with van der Waals surface area (Å²) in [4.78, 5) is 19.4. The molecule has 0 fully saturated rings. The summed E-state index contributed by atoms with van der Waals surface area (Å²) >= 11 is 0. The number of aryl methyl sites for hydroxylation is 1. The normalized spacial score (nSPS) is 14.8. The van der Waals surface area contributed by atoms with Gasteiger partial charge in [0, 0.05) is 25.3 Å². The van der Waals surface area contributed by atoms with Gasteiger partial charge in [-0.05, 0) is 49.9 Å². The van der Waals surface area contributed by atoms with E-state index in [4.69, 9.17) is 0 Å². The van der Waals surface area contributed by atoms with E-state index in [0.29, 0.717) is 6.54 Å². The van der Waals surface area contributed by atoms with E-state index in [1.54, 1.807) is 6.33 Å². The zero-order valence-electron chi connectivity index (χ0n) is 15.8. The Morgan fingerprint density at radius 2 is 2.00 bits per heavy atom. The Bertz CT molecular complexity index is 933. The highest BCUT2D eigenvalue weighted by Crippen LogP contribution is 2.26. The van der Waals surface area contributed by atoms with Crippen LogP contribution in [0.1, 0.15) is 31.4 Å². The first-order chi connectivity index (χ1) is 13.2. The number of nitrogens with one attached hydrogen (secondary N) is 1. The third-order valence-electron chi connectivity index (χ3n) is 5.39. The van der Waals surface area contributed by atoms with Gasteiger partial charge in [0.1, 0.15) is 6.04 Å². The number of nitrogens with zero attached hydrogens (tertiary/aromatic N) is 3. The predicted molar refractivity (Wildman–Crippen MR) is 109 cm³/mol. The lowest BCUT2D eigenvalue weighted by atomic mass is 10.0. The minimum atomic E-state index is -0.270. The molecule has 1 aliphatic rings. The van der Waals surface area contributed by atoms with Crippen molar-refractivity contribution in [3.63, 3.8) is 0 Å². The number of hydrogen-bond acceptors (Lipinski definition) is 3. The van der Waals surface area contributed by atoms with Gasteiger partial charge in [0.25, 0.3) is 0 Å². The fraction of sp³-hybridized carbons (Fsp3) is 0.364. The molecule has 1 amide bonds. The number of rotatable bonds is 6. The fourth-order valence-electron chi connectivity index (χ4n) is 3.89. The second-order valence-corrected chi connectivity index (χ2v) is 7.18. The van der Waals surface area contributed by atoms with Gasteiger partial charge in [-0.2, -0.15) is 0 Å². The maximum Gasteiger partial charge on any atom is 0.242 e. The van der Waals surface area contributed by atoms with Crippen molar-refractivity contribution in [3.8, 4) is 0 Å². The average molecular weight is 362 g/mol. The Morgan fingerprint density at radius 1 is 1.19 bits per heavy atom. The molecule has 1 N–H and O–H groups in total. The van der Waals surface area contributed by atoms with Crippen molar-refractivity contribution in [1.82, 2.24) is 14.9 Å². The Hall–Kier alpha value is -2.82. The molecule has 0 bridgehead atoms. The molecule has 1 unspecified atom stereocenters. The third-order valence-corrected chi connectivity index (χ3v) is 5.39. The molecule has 0 spiro atoms. The maximum atomic E-state index is 12.6. The summed E-state index contributed by atoms with van der Waals surface area (Å²) in [7, 11) is 0. The zero-order chi connectivity index (χ0) is 18.6. The Morgan fingerprint density at radius 3 is 2.93 bits per heavy atom. The van der Waals surface area contributed by atoms with E-state index in [9.17, 15) is 4.79 Å². The maximum absolute atomic E-state index is 12.6. The van der Waals surface area contributed by atoms with Crippen LogP contribution in [0, 0.1) is 0 Å². The van der Waals surface area contributed by atoms with Gasteiger partial charge in [-0.15, -0.1) is 0 Å². The highest BCUT2D eigenvalue weighted by atomic mass is 16.2. The van der Waals surface area contributed by atoms with Crippen LogP contribution in [0.2, 0.25) is 0 Å². The molecule has 5 nitrogen and oxygen atoms in total. The second kappa shape index (κ2) is 7.82. The van der Waals surface area contributed by atoms with Crippen LogP contribution in [0.25, 0.3) is 11.0 Å².